The minimum absolute atomic E-state index is 0.237. The quantitative estimate of drug-likeness (QED) is 0.780. The molecule has 0 spiro atoms. The van der Waals surface area contributed by atoms with E-state index in [1.165, 1.54) is 25.7 Å². The lowest BCUT2D eigenvalue weighted by atomic mass is 10.0. The molecule has 0 aromatic carbocycles. The topological polar surface area (TPSA) is 60.9 Å². The Kier molecular flexibility index (Phi) is 6.49. The molecular weight excluding hydrogens is 268 g/mol. The number of carboxylic acids is 1. The molecule has 5 heteroatoms. The van der Waals surface area contributed by atoms with Crippen LogP contribution in [0.2, 0.25) is 0 Å². The zero-order valence-corrected chi connectivity index (χ0v) is 12.9. The predicted molar refractivity (Wildman–Crippen MR) is 81.1 cm³/mol. The molecule has 2 aliphatic rings. The molecule has 5 nitrogen and oxygen atoms in total. The van der Waals surface area contributed by atoms with Crippen molar-refractivity contribution in [2.45, 2.75) is 51.4 Å². The number of rotatable bonds is 7. The van der Waals surface area contributed by atoms with Gasteiger partial charge in [-0.1, -0.05) is 25.7 Å². The number of hydrogen-bond acceptors (Lipinski definition) is 3. The summed E-state index contributed by atoms with van der Waals surface area (Å²) < 4.78 is 0. The molecule has 2 rings (SSSR count). The molecule has 0 aromatic rings. The molecule has 0 radical (unpaired) electrons. The summed E-state index contributed by atoms with van der Waals surface area (Å²) in [6.45, 7) is 4.20. The third-order valence-electron chi connectivity index (χ3n) is 4.83. The van der Waals surface area contributed by atoms with Crippen molar-refractivity contribution in [1.82, 2.24) is 9.80 Å². The third-order valence-corrected chi connectivity index (χ3v) is 4.83. The molecule has 0 unspecified atom stereocenters. The van der Waals surface area contributed by atoms with Crippen LogP contribution in [0.1, 0.15) is 51.4 Å². The van der Waals surface area contributed by atoms with E-state index >= 15 is 0 Å². The Hall–Kier alpha value is -1.10. The van der Waals surface area contributed by atoms with Crippen LogP contribution >= 0.6 is 0 Å². The molecule has 1 heterocycles. The van der Waals surface area contributed by atoms with E-state index < -0.39 is 5.97 Å². The first-order chi connectivity index (χ1) is 10.1. The summed E-state index contributed by atoms with van der Waals surface area (Å²) in [6.07, 6.45) is 8.02. The second-order valence-electron chi connectivity index (χ2n) is 6.41. The maximum atomic E-state index is 12.2. The summed E-state index contributed by atoms with van der Waals surface area (Å²) in [7, 11) is 0. The van der Waals surface area contributed by atoms with E-state index in [0.29, 0.717) is 18.7 Å². The van der Waals surface area contributed by atoms with Gasteiger partial charge in [-0.2, -0.15) is 0 Å². The van der Waals surface area contributed by atoms with E-state index in [0.717, 1.165) is 45.1 Å². The molecule has 1 saturated heterocycles. The Morgan fingerprint density at radius 2 is 1.67 bits per heavy atom. The van der Waals surface area contributed by atoms with Crippen LogP contribution in [0, 0.1) is 5.92 Å². The summed E-state index contributed by atoms with van der Waals surface area (Å²) in [5.41, 5.74) is 0. The number of carbonyl (C=O) groups excluding carboxylic acids is 1. The SMILES string of the molecule is O=C(O)CCCN1CCN(C(=O)CCC2CCCC2)CC1. The van der Waals surface area contributed by atoms with Crippen LogP contribution in [-0.4, -0.2) is 59.5 Å². The Balaban J connectivity index is 1.59. The van der Waals surface area contributed by atoms with Crippen molar-refractivity contribution < 1.29 is 14.7 Å². The second-order valence-corrected chi connectivity index (χ2v) is 6.41. The molecule has 21 heavy (non-hydrogen) atoms. The fourth-order valence-corrected chi connectivity index (χ4v) is 3.46. The molecule has 1 aliphatic carbocycles. The highest BCUT2D eigenvalue weighted by Gasteiger charge is 2.22. The molecule has 1 amide bonds. The first-order valence-corrected chi connectivity index (χ1v) is 8.37. The summed E-state index contributed by atoms with van der Waals surface area (Å²) in [6, 6.07) is 0. The van der Waals surface area contributed by atoms with Gasteiger partial charge < -0.3 is 10.0 Å². The van der Waals surface area contributed by atoms with Crippen molar-refractivity contribution in [1.29, 1.82) is 0 Å². The lowest BCUT2D eigenvalue weighted by Crippen LogP contribution is -2.48. The summed E-state index contributed by atoms with van der Waals surface area (Å²) in [5, 5.41) is 8.64. The molecule has 1 saturated carbocycles. The highest BCUT2D eigenvalue weighted by Crippen LogP contribution is 2.28. The van der Waals surface area contributed by atoms with Crippen LogP contribution in [-0.2, 0) is 9.59 Å². The van der Waals surface area contributed by atoms with E-state index in [2.05, 4.69) is 4.90 Å². The van der Waals surface area contributed by atoms with Crippen LogP contribution in [0.25, 0.3) is 0 Å². The zero-order valence-electron chi connectivity index (χ0n) is 12.9. The van der Waals surface area contributed by atoms with E-state index in [1.54, 1.807) is 0 Å². The lowest BCUT2D eigenvalue weighted by Gasteiger charge is -2.34. The third kappa shape index (κ3) is 5.65. The molecule has 2 fully saturated rings. The van der Waals surface area contributed by atoms with Crippen LogP contribution in [0.5, 0.6) is 0 Å². The Labute approximate surface area is 127 Å². The Morgan fingerprint density at radius 1 is 1.00 bits per heavy atom. The smallest absolute Gasteiger partial charge is 0.303 e. The van der Waals surface area contributed by atoms with Gasteiger partial charge in [0.25, 0.3) is 0 Å². The minimum atomic E-state index is -0.726. The first-order valence-electron chi connectivity index (χ1n) is 8.37. The van der Waals surface area contributed by atoms with Crippen molar-refractivity contribution in [3.63, 3.8) is 0 Å². The van der Waals surface area contributed by atoms with Crippen molar-refractivity contribution in [2.24, 2.45) is 5.92 Å². The van der Waals surface area contributed by atoms with Crippen molar-refractivity contribution in [3.05, 3.63) is 0 Å². The highest BCUT2D eigenvalue weighted by atomic mass is 16.4. The standard InChI is InChI=1S/C16H28N2O3/c19-15(8-7-14-4-1-2-5-14)18-12-10-17(11-13-18)9-3-6-16(20)21/h14H,1-13H2,(H,20,21). The van der Waals surface area contributed by atoms with E-state index in [4.69, 9.17) is 5.11 Å². The number of nitrogens with zero attached hydrogens (tertiary/aromatic N) is 2. The Bertz CT molecular complexity index is 345. The predicted octanol–water partition coefficient (Wildman–Crippen LogP) is 1.97. The second kappa shape index (κ2) is 8.37. The van der Waals surface area contributed by atoms with Gasteiger partial charge in [-0.05, 0) is 25.3 Å². The van der Waals surface area contributed by atoms with Crippen molar-refractivity contribution >= 4 is 11.9 Å². The first kappa shape index (κ1) is 16.3. The average molecular weight is 296 g/mol. The van der Waals surface area contributed by atoms with Gasteiger partial charge in [0.05, 0.1) is 0 Å². The largest absolute Gasteiger partial charge is 0.481 e. The number of carbonyl (C=O) groups is 2. The molecule has 1 aliphatic heterocycles. The fourth-order valence-electron chi connectivity index (χ4n) is 3.46. The molecule has 120 valence electrons. The minimum Gasteiger partial charge on any atom is -0.481 e. The van der Waals surface area contributed by atoms with E-state index in [9.17, 15) is 9.59 Å². The van der Waals surface area contributed by atoms with Crippen LogP contribution in [0.3, 0.4) is 0 Å². The monoisotopic (exact) mass is 296 g/mol. The zero-order chi connectivity index (χ0) is 15.1. The summed E-state index contributed by atoms with van der Waals surface area (Å²) in [5.74, 6) is 0.370. The van der Waals surface area contributed by atoms with Gasteiger partial charge in [-0.15, -0.1) is 0 Å². The molecule has 0 atom stereocenters. The molecular formula is C16H28N2O3. The highest BCUT2D eigenvalue weighted by molar-refractivity contribution is 5.76. The Morgan fingerprint density at radius 3 is 2.29 bits per heavy atom. The van der Waals surface area contributed by atoms with Crippen LogP contribution < -0.4 is 0 Å². The normalized spacial score (nSPS) is 20.9. The van der Waals surface area contributed by atoms with Gasteiger partial charge in [0.1, 0.15) is 0 Å². The van der Waals surface area contributed by atoms with E-state index in [1.807, 2.05) is 4.90 Å². The average Bonchev–Trinajstić information content (AvgIpc) is 2.98. The molecule has 0 bridgehead atoms. The number of amides is 1. The van der Waals surface area contributed by atoms with Crippen LogP contribution in [0.4, 0.5) is 0 Å². The van der Waals surface area contributed by atoms with E-state index in [-0.39, 0.29) is 6.42 Å². The van der Waals surface area contributed by atoms with Gasteiger partial charge in [0.2, 0.25) is 5.91 Å². The van der Waals surface area contributed by atoms with Crippen LogP contribution in [0.15, 0.2) is 0 Å². The van der Waals surface area contributed by atoms with Gasteiger partial charge in [-0.25, -0.2) is 0 Å². The molecule has 0 aromatic heterocycles. The maximum absolute atomic E-state index is 12.2. The van der Waals surface area contributed by atoms with Crippen molar-refractivity contribution in [3.8, 4) is 0 Å². The maximum Gasteiger partial charge on any atom is 0.303 e. The molecule has 1 N–H and O–H groups in total. The van der Waals surface area contributed by atoms with Gasteiger partial charge in [0, 0.05) is 39.0 Å². The lowest BCUT2D eigenvalue weighted by molar-refractivity contribution is -0.137. The number of aliphatic carboxylic acids is 1. The summed E-state index contributed by atoms with van der Waals surface area (Å²) >= 11 is 0. The van der Waals surface area contributed by atoms with Gasteiger partial charge in [-0.3, -0.25) is 14.5 Å². The van der Waals surface area contributed by atoms with Gasteiger partial charge >= 0.3 is 5.97 Å². The number of piperazine rings is 1. The number of hydrogen-bond donors (Lipinski definition) is 1. The number of carboxylic acid groups (broad SMARTS) is 1. The fraction of sp³-hybridized carbons (Fsp3) is 0.875. The van der Waals surface area contributed by atoms with Gasteiger partial charge in [0.15, 0.2) is 0 Å². The van der Waals surface area contributed by atoms with Crippen molar-refractivity contribution in [2.75, 3.05) is 32.7 Å². The summed E-state index contributed by atoms with van der Waals surface area (Å²) in [4.78, 5) is 26.9.